The average Bonchev–Trinajstić information content (AvgIpc) is 2.76. The number of hydrogen-bond donors (Lipinski definition) is 1. The quantitative estimate of drug-likeness (QED) is 0.881. The van der Waals surface area contributed by atoms with Crippen LogP contribution >= 0.6 is 0 Å². The van der Waals surface area contributed by atoms with Crippen molar-refractivity contribution in [2.75, 3.05) is 12.4 Å². The maximum Gasteiger partial charge on any atom is 0.259 e. The number of anilines is 1. The monoisotopic (exact) mass is 232 g/mol. The topological polar surface area (TPSA) is 64.4 Å². The van der Waals surface area contributed by atoms with Gasteiger partial charge in [0.25, 0.3) is 5.91 Å². The summed E-state index contributed by atoms with van der Waals surface area (Å²) in [6.07, 6.45) is 3.02. The van der Waals surface area contributed by atoms with Gasteiger partial charge >= 0.3 is 0 Å². The molecule has 0 aliphatic carbocycles. The molecule has 0 saturated heterocycles. The molecule has 1 N–H and O–H groups in total. The first-order valence-electron chi connectivity index (χ1n) is 5.06. The molecule has 5 nitrogen and oxygen atoms in total. The zero-order valence-corrected chi connectivity index (χ0v) is 9.56. The van der Waals surface area contributed by atoms with Gasteiger partial charge in [0.1, 0.15) is 5.76 Å². The molecule has 2 aromatic heterocycles. The van der Waals surface area contributed by atoms with E-state index >= 15 is 0 Å². The summed E-state index contributed by atoms with van der Waals surface area (Å²) < 4.78 is 9.99. The summed E-state index contributed by atoms with van der Waals surface area (Å²) in [5.41, 5.74) is 1.12. The van der Waals surface area contributed by atoms with Crippen molar-refractivity contribution in [3.8, 4) is 5.88 Å². The minimum atomic E-state index is -0.219. The van der Waals surface area contributed by atoms with Crippen LogP contribution in [0.25, 0.3) is 0 Å². The smallest absolute Gasteiger partial charge is 0.259 e. The zero-order chi connectivity index (χ0) is 12.3. The molecule has 2 heterocycles. The van der Waals surface area contributed by atoms with Crippen LogP contribution in [0.3, 0.4) is 0 Å². The fourth-order valence-electron chi connectivity index (χ4n) is 1.39. The number of carbonyl (C=O) groups is 1. The summed E-state index contributed by atoms with van der Waals surface area (Å²) in [4.78, 5) is 15.8. The molecule has 5 heteroatoms. The largest absolute Gasteiger partial charge is 0.481 e. The number of nitrogens with one attached hydrogen (secondary N) is 1. The maximum atomic E-state index is 11.8. The summed E-state index contributed by atoms with van der Waals surface area (Å²) in [7, 11) is 1.54. The SMILES string of the molecule is COc1ccc(NC(=O)c2ccoc2C)cn1. The van der Waals surface area contributed by atoms with Gasteiger partial charge < -0.3 is 14.5 Å². The normalized spacial score (nSPS) is 10.0. The predicted octanol–water partition coefficient (Wildman–Crippen LogP) is 2.24. The second kappa shape index (κ2) is 4.69. The van der Waals surface area contributed by atoms with Crippen LogP contribution in [-0.2, 0) is 0 Å². The van der Waals surface area contributed by atoms with E-state index in [1.165, 1.54) is 19.6 Å². The van der Waals surface area contributed by atoms with E-state index in [-0.39, 0.29) is 5.91 Å². The lowest BCUT2D eigenvalue weighted by Crippen LogP contribution is -2.12. The second-order valence-corrected chi connectivity index (χ2v) is 3.43. The molecular formula is C12H12N2O3. The Balaban J connectivity index is 2.10. The standard InChI is InChI=1S/C12H12N2O3/c1-8-10(5-6-17-8)12(15)14-9-3-4-11(16-2)13-7-9/h3-7H,1-2H3,(H,14,15). The van der Waals surface area contributed by atoms with E-state index in [2.05, 4.69) is 10.3 Å². The minimum Gasteiger partial charge on any atom is -0.481 e. The molecule has 0 aliphatic heterocycles. The van der Waals surface area contributed by atoms with Crippen molar-refractivity contribution in [2.24, 2.45) is 0 Å². The number of aromatic nitrogens is 1. The lowest BCUT2D eigenvalue weighted by molar-refractivity contribution is 0.102. The maximum absolute atomic E-state index is 11.8. The highest BCUT2D eigenvalue weighted by Crippen LogP contribution is 2.14. The molecule has 17 heavy (non-hydrogen) atoms. The summed E-state index contributed by atoms with van der Waals surface area (Å²) in [5, 5.41) is 2.72. The molecule has 0 radical (unpaired) electrons. The Labute approximate surface area is 98.4 Å². The highest BCUT2D eigenvalue weighted by Gasteiger charge is 2.11. The van der Waals surface area contributed by atoms with Gasteiger partial charge in [0.2, 0.25) is 5.88 Å². The lowest BCUT2D eigenvalue weighted by Gasteiger charge is -2.04. The van der Waals surface area contributed by atoms with Crippen LogP contribution < -0.4 is 10.1 Å². The molecule has 0 unspecified atom stereocenters. The van der Waals surface area contributed by atoms with Crippen molar-refractivity contribution in [2.45, 2.75) is 6.92 Å². The molecule has 0 fully saturated rings. The van der Waals surface area contributed by atoms with Gasteiger partial charge in [-0.3, -0.25) is 4.79 Å². The fourth-order valence-corrected chi connectivity index (χ4v) is 1.39. The molecule has 2 aromatic rings. The van der Waals surface area contributed by atoms with Crippen molar-refractivity contribution in [3.05, 3.63) is 42.0 Å². The van der Waals surface area contributed by atoms with Crippen molar-refractivity contribution >= 4 is 11.6 Å². The Morgan fingerprint density at radius 1 is 1.41 bits per heavy atom. The van der Waals surface area contributed by atoms with Gasteiger partial charge in [-0.25, -0.2) is 4.98 Å². The van der Waals surface area contributed by atoms with Gasteiger partial charge in [0.15, 0.2) is 0 Å². The predicted molar refractivity (Wildman–Crippen MR) is 62.2 cm³/mol. The molecule has 1 amide bonds. The molecule has 0 aromatic carbocycles. The Hall–Kier alpha value is -2.30. The number of carbonyl (C=O) groups excluding carboxylic acids is 1. The Morgan fingerprint density at radius 3 is 2.76 bits per heavy atom. The number of aryl methyl sites for hydroxylation is 1. The second-order valence-electron chi connectivity index (χ2n) is 3.43. The van der Waals surface area contributed by atoms with E-state index in [0.29, 0.717) is 22.9 Å². The summed E-state index contributed by atoms with van der Waals surface area (Å²) in [6.45, 7) is 1.74. The van der Waals surface area contributed by atoms with Gasteiger partial charge in [0, 0.05) is 6.07 Å². The van der Waals surface area contributed by atoms with Gasteiger partial charge in [0.05, 0.1) is 30.8 Å². The fraction of sp³-hybridized carbons (Fsp3) is 0.167. The number of rotatable bonds is 3. The van der Waals surface area contributed by atoms with Gasteiger partial charge in [-0.15, -0.1) is 0 Å². The first kappa shape index (κ1) is 11.2. The molecule has 0 atom stereocenters. The molecule has 88 valence electrons. The highest BCUT2D eigenvalue weighted by atomic mass is 16.5. The number of hydrogen-bond acceptors (Lipinski definition) is 4. The third-order valence-electron chi connectivity index (χ3n) is 2.31. The van der Waals surface area contributed by atoms with E-state index in [9.17, 15) is 4.79 Å². The van der Waals surface area contributed by atoms with Crippen molar-refractivity contribution in [1.29, 1.82) is 0 Å². The first-order valence-corrected chi connectivity index (χ1v) is 5.06. The van der Waals surface area contributed by atoms with Crippen LogP contribution in [0.4, 0.5) is 5.69 Å². The summed E-state index contributed by atoms with van der Waals surface area (Å²) >= 11 is 0. The number of furan rings is 1. The van der Waals surface area contributed by atoms with E-state index < -0.39 is 0 Å². The van der Waals surface area contributed by atoms with Crippen LogP contribution in [0.1, 0.15) is 16.1 Å². The molecule has 0 saturated carbocycles. The van der Waals surface area contributed by atoms with E-state index in [1.807, 2.05) is 0 Å². The molecule has 0 aliphatic rings. The number of ether oxygens (including phenoxy) is 1. The zero-order valence-electron chi connectivity index (χ0n) is 9.56. The summed E-state index contributed by atoms with van der Waals surface area (Å²) in [5.74, 6) is 0.870. The van der Waals surface area contributed by atoms with Crippen molar-refractivity contribution in [3.63, 3.8) is 0 Å². The summed E-state index contributed by atoms with van der Waals surface area (Å²) in [6, 6.07) is 5.03. The third kappa shape index (κ3) is 2.44. The number of pyridine rings is 1. The molecule has 2 rings (SSSR count). The highest BCUT2D eigenvalue weighted by molar-refractivity contribution is 6.04. The van der Waals surface area contributed by atoms with Crippen LogP contribution in [0.2, 0.25) is 0 Å². The molecular weight excluding hydrogens is 220 g/mol. The molecule has 0 bridgehead atoms. The van der Waals surface area contributed by atoms with Crippen LogP contribution in [-0.4, -0.2) is 18.0 Å². The number of methoxy groups -OCH3 is 1. The van der Waals surface area contributed by atoms with Crippen molar-refractivity contribution < 1.29 is 13.9 Å². The first-order chi connectivity index (χ1) is 8.20. The van der Waals surface area contributed by atoms with Crippen LogP contribution in [0.15, 0.2) is 35.1 Å². The van der Waals surface area contributed by atoms with Gasteiger partial charge in [-0.2, -0.15) is 0 Å². The molecule has 0 spiro atoms. The average molecular weight is 232 g/mol. The third-order valence-corrected chi connectivity index (χ3v) is 2.31. The lowest BCUT2D eigenvalue weighted by atomic mass is 10.2. The van der Waals surface area contributed by atoms with Gasteiger partial charge in [-0.05, 0) is 19.1 Å². The van der Waals surface area contributed by atoms with Crippen LogP contribution in [0.5, 0.6) is 5.88 Å². The van der Waals surface area contributed by atoms with E-state index in [4.69, 9.17) is 9.15 Å². The van der Waals surface area contributed by atoms with Crippen LogP contribution in [0, 0.1) is 6.92 Å². The number of amides is 1. The Morgan fingerprint density at radius 2 is 2.24 bits per heavy atom. The Bertz CT molecular complexity index is 517. The minimum absolute atomic E-state index is 0.219. The van der Waals surface area contributed by atoms with E-state index in [0.717, 1.165) is 0 Å². The van der Waals surface area contributed by atoms with Gasteiger partial charge in [-0.1, -0.05) is 0 Å². The van der Waals surface area contributed by atoms with E-state index in [1.54, 1.807) is 25.1 Å². The Kier molecular flexibility index (Phi) is 3.09. The number of nitrogens with zero attached hydrogens (tertiary/aromatic N) is 1. The van der Waals surface area contributed by atoms with Crippen molar-refractivity contribution in [1.82, 2.24) is 4.98 Å².